The Bertz CT molecular complexity index is 1020. The van der Waals surface area contributed by atoms with E-state index in [0.29, 0.717) is 26.3 Å². The zero-order chi connectivity index (χ0) is 25.7. The third kappa shape index (κ3) is 9.47. The standard InChI is InChI=1S/C22H18Br2ClF6NOS/c1-12(10-34-11-21(26,27)28)32-20(33)17-4-2-13(6-19(17)25)3-5-18(22(29,30)31)14-7-15(23)9-16(24)8-14/h2-9,12,18H,10-11H2,1H3,(H,32,33)/b5-3+/t12-,18?/m1/s1. The number of carbonyl (C=O) groups is 1. The van der Waals surface area contributed by atoms with Gasteiger partial charge in [0, 0.05) is 20.7 Å². The number of rotatable bonds is 8. The zero-order valence-electron chi connectivity index (χ0n) is 17.4. The molecule has 0 bridgehead atoms. The number of halogens is 9. The van der Waals surface area contributed by atoms with Gasteiger partial charge in [0.2, 0.25) is 0 Å². The third-order valence-electron chi connectivity index (χ3n) is 4.33. The van der Waals surface area contributed by atoms with E-state index in [1.54, 1.807) is 13.0 Å². The van der Waals surface area contributed by atoms with Crippen LogP contribution >= 0.6 is 55.2 Å². The first-order chi connectivity index (χ1) is 15.7. The first-order valence-corrected chi connectivity index (χ1v) is 12.7. The van der Waals surface area contributed by atoms with E-state index in [9.17, 15) is 31.1 Å². The number of benzene rings is 2. The van der Waals surface area contributed by atoms with Gasteiger partial charge in [-0.15, -0.1) is 0 Å². The Morgan fingerprint density at radius 2 is 1.71 bits per heavy atom. The summed E-state index contributed by atoms with van der Waals surface area (Å²) in [6.45, 7) is 1.56. The van der Waals surface area contributed by atoms with E-state index in [0.717, 1.165) is 6.08 Å². The van der Waals surface area contributed by atoms with Crippen molar-refractivity contribution in [3.63, 3.8) is 0 Å². The molecule has 0 aliphatic carbocycles. The molecule has 2 rings (SSSR count). The highest BCUT2D eigenvalue weighted by molar-refractivity contribution is 9.11. The van der Waals surface area contributed by atoms with Crippen LogP contribution in [-0.4, -0.2) is 35.8 Å². The smallest absolute Gasteiger partial charge is 0.349 e. The van der Waals surface area contributed by atoms with Gasteiger partial charge in [0.1, 0.15) is 0 Å². The maximum atomic E-state index is 13.7. The van der Waals surface area contributed by atoms with Crippen LogP contribution in [0, 0.1) is 0 Å². The van der Waals surface area contributed by atoms with E-state index >= 15 is 0 Å². The molecule has 1 unspecified atom stereocenters. The second-order valence-electron chi connectivity index (χ2n) is 7.33. The van der Waals surface area contributed by atoms with Gasteiger partial charge >= 0.3 is 12.4 Å². The van der Waals surface area contributed by atoms with E-state index in [1.807, 2.05) is 0 Å². The Kier molecular flexibility index (Phi) is 10.4. The molecular weight excluding hydrogens is 636 g/mol. The maximum absolute atomic E-state index is 13.7. The number of hydrogen-bond acceptors (Lipinski definition) is 2. The van der Waals surface area contributed by atoms with Gasteiger partial charge in [-0.1, -0.05) is 61.7 Å². The van der Waals surface area contributed by atoms with Crippen LogP contribution in [0.1, 0.15) is 34.3 Å². The first-order valence-electron chi connectivity index (χ1n) is 9.61. The molecule has 0 aromatic heterocycles. The molecule has 0 aliphatic heterocycles. The summed E-state index contributed by atoms with van der Waals surface area (Å²) in [5.41, 5.74) is 0.442. The second-order valence-corrected chi connectivity index (χ2v) is 10.6. The van der Waals surface area contributed by atoms with E-state index in [-0.39, 0.29) is 21.9 Å². The van der Waals surface area contributed by atoms with Crippen molar-refractivity contribution in [2.45, 2.75) is 31.2 Å². The van der Waals surface area contributed by atoms with Crippen molar-refractivity contribution in [1.29, 1.82) is 0 Å². The zero-order valence-corrected chi connectivity index (χ0v) is 22.2. The Balaban J connectivity index is 2.13. The average Bonchev–Trinajstić information content (AvgIpc) is 2.65. The van der Waals surface area contributed by atoms with Gasteiger partial charge in [0.05, 0.1) is 22.3 Å². The molecule has 2 nitrogen and oxygen atoms in total. The van der Waals surface area contributed by atoms with Gasteiger partial charge in [-0.2, -0.15) is 38.1 Å². The van der Waals surface area contributed by atoms with Crippen LogP contribution in [0.5, 0.6) is 0 Å². The number of amides is 1. The number of thioether (sulfide) groups is 1. The van der Waals surface area contributed by atoms with E-state index in [4.69, 9.17) is 11.6 Å². The fourth-order valence-corrected chi connectivity index (χ4v) is 5.28. The summed E-state index contributed by atoms with van der Waals surface area (Å²) in [7, 11) is 0. The van der Waals surface area contributed by atoms with Gasteiger partial charge in [0.15, 0.2) is 0 Å². The van der Waals surface area contributed by atoms with Crippen LogP contribution in [0.4, 0.5) is 26.3 Å². The summed E-state index contributed by atoms with van der Waals surface area (Å²) in [4.78, 5) is 12.4. The molecule has 2 aromatic carbocycles. The lowest BCUT2D eigenvalue weighted by atomic mass is 9.97. The Morgan fingerprint density at radius 3 is 2.24 bits per heavy atom. The quantitative estimate of drug-likeness (QED) is 0.289. The molecule has 0 saturated heterocycles. The highest BCUT2D eigenvalue weighted by atomic mass is 79.9. The maximum Gasteiger partial charge on any atom is 0.399 e. The lowest BCUT2D eigenvalue weighted by Gasteiger charge is -2.18. The van der Waals surface area contributed by atoms with Crippen molar-refractivity contribution >= 4 is 67.2 Å². The predicted octanol–water partition coefficient (Wildman–Crippen LogP) is 8.64. The van der Waals surface area contributed by atoms with E-state index in [2.05, 4.69) is 37.2 Å². The molecule has 0 saturated carbocycles. The predicted molar refractivity (Wildman–Crippen MR) is 131 cm³/mol. The highest BCUT2D eigenvalue weighted by Gasteiger charge is 2.39. The van der Waals surface area contributed by atoms with Gasteiger partial charge in [-0.25, -0.2) is 0 Å². The Hall–Kier alpha value is -1.17. The minimum absolute atomic E-state index is 0.00329. The SMILES string of the molecule is C[C@H](CSCC(F)(F)F)NC(=O)c1ccc(/C=C/C(c2cc(Br)cc(Br)c2)C(F)(F)F)cc1Cl. The first kappa shape index (κ1) is 29.1. The fraction of sp³-hybridized carbons (Fsp3) is 0.318. The molecule has 0 spiro atoms. The topological polar surface area (TPSA) is 29.1 Å². The number of nitrogens with one attached hydrogen (secondary N) is 1. The van der Waals surface area contributed by atoms with E-state index in [1.165, 1.54) is 36.4 Å². The van der Waals surface area contributed by atoms with Crippen LogP contribution in [0.25, 0.3) is 6.08 Å². The molecule has 186 valence electrons. The van der Waals surface area contributed by atoms with Crippen LogP contribution in [0.15, 0.2) is 51.4 Å². The highest BCUT2D eigenvalue weighted by Crippen LogP contribution is 2.38. The largest absolute Gasteiger partial charge is 0.399 e. The van der Waals surface area contributed by atoms with Crippen molar-refractivity contribution in [3.8, 4) is 0 Å². The van der Waals surface area contributed by atoms with Crippen LogP contribution in [0.2, 0.25) is 5.02 Å². The molecule has 34 heavy (non-hydrogen) atoms. The summed E-state index contributed by atoms with van der Waals surface area (Å²) in [6.07, 6.45) is -6.57. The number of hydrogen-bond donors (Lipinski definition) is 1. The van der Waals surface area contributed by atoms with Crippen molar-refractivity contribution in [2.24, 2.45) is 0 Å². The monoisotopic (exact) mass is 651 g/mol. The minimum atomic E-state index is -4.54. The third-order valence-corrected chi connectivity index (χ3v) is 6.82. The summed E-state index contributed by atoms with van der Waals surface area (Å²) in [5.74, 6) is -3.44. The molecule has 2 aromatic rings. The minimum Gasteiger partial charge on any atom is -0.349 e. The molecule has 0 aliphatic rings. The van der Waals surface area contributed by atoms with Gasteiger partial charge in [-0.05, 0) is 48.4 Å². The van der Waals surface area contributed by atoms with Crippen molar-refractivity contribution in [2.75, 3.05) is 11.5 Å². The lowest BCUT2D eigenvalue weighted by molar-refractivity contribution is -0.139. The van der Waals surface area contributed by atoms with Gasteiger partial charge in [0.25, 0.3) is 5.91 Å². The van der Waals surface area contributed by atoms with Crippen LogP contribution < -0.4 is 5.32 Å². The molecule has 0 radical (unpaired) electrons. The average molecular weight is 654 g/mol. The Labute approximate surface area is 218 Å². The molecular formula is C22H18Br2ClF6NOS. The molecule has 0 heterocycles. The van der Waals surface area contributed by atoms with Gasteiger partial charge in [-0.3, -0.25) is 4.79 Å². The summed E-state index contributed by atoms with van der Waals surface area (Å²) < 4.78 is 78.7. The number of carbonyl (C=O) groups excluding carboxylic acids is 1. The normalized spacial score (nSPS) is 14.3. The fourth-order valence-electron chi connectivity index (χ4n) is 2.89. The number of allylic oxidation sites excluding steroid dienone is 1. The van der Waals surface area contributed by atoms with Crippen molar-refractivity contribution in [3.05, 3.63) is 73.1 Å². The van der Waals surface area contributed by atoms with Crippen LogP contribution in [-0.2, 0) is 0 Å². The molecule has 12 heteroatoms. The molecule has 2 atom stereocenters. The van der Waals surface area contributed by atoms with E-state index < -0.39 is 36.0 Å². The second kappa shape index (κ2) is 12.2. The van der Waals surface area contributed by atoms with Crippen molar-refractivity contribution < 1.29 is 31.1 Å². The van der Waals surface area contributed by atoms with Crippen LogP contribution in [0.3, 0.4) is 0 Å². The summed E-state index contributed by atoms with van der Waals surface area (Å²) in [6, 6.07) is 7.97. The molecule has 1 N–H and O–H groups in total. The lowest BCUT2D eigenvalue weighted by Crippen LogP contribution is -2.34. The summed E-state index contributed by atoms with van der Waals surface area (Å²) in [5, 5.41) is 2.56. The summed E-state index contributed by atoms with van der Waals surface area (Å²) >= 11 is 13.2. The number of alkyl halides is 6. The molecule has 0 fully saturated rings. The Morgan fingerprint density at radius 1 is 1.09 bits per heavy atom. The molecule has 1 amide bonds. The van der Waals surface area contributed by atoms with Gasteiger partial charge < -0.3 is 5.32 Å². The van der Waals surface area contributed by atoms with Crippen molar-refractivity contribution in [1.82, 2.24) is 5.32 Å².